The highest BCUT2D eigenvalue weighted by atomic mass is 16.6. The molecule has 0 radical (unpaired) electrons. The summed E-state index contributed by atoms with van der Waals surface area (Å²) >= 11 is 0. The molecule has 0 aromatic heterocycles. The van der Waals surface area contributed by atoms with Gasteiger partial charge in [0, 0.05) is 12.1 Å². The van der Waals surface area contributed by atoms with Crippen molar-refractivity contribution in [2.24, 2.45) is 5.18 Å². The van der Waals surface area contributed by atoms with Crippen LogP contribution in [-0.2, 0) is 0 Å². The minimum Gasteiger partial charge on any atom is -0.258 e. The van der Waals surface area contributed by atoms with Crippen LogP contribution in [0.1, 0.15) is 0 Å². The van der Waals surface area contributed by atoms with Gasteiger partial charge in [0.05, 0.1) is 4.92 Å². The molecule has 0 aliphatic heterocycles. The summed E-state index contributed by atoms with van der Waals surface area (Å²) in [6.45, 7) is 0. The van der Waals surface area contributed by atoms with Gasteiger partial charge in [-0.1, -0.05) is 36.4 Å². The normalized spacial score (nSPS) is 8.71. The summed E-state index contributed by atoms with van der Waals surface area (Å²) < 4.78 is 0. The number of nitrogens with zero attached hydrogens (tertiary/aromatic N) is 2. The average molecular weight is 230 g/mol. The zero-order valence-electron chi connectivity index (χ0n) is 8.89. The Labute approximate surface area is 97.8 Å². The molecular weight excluding hydrogens is 220 g/mol. The maximum Gasteiger partial charge on any atom is 0.269 e. The van der Waals surface area contributed by atoms with Crippen molar-refractivity contribution in [2.45, 2.75) is 0 Å². The average Bonchev–Trinajstić information content (AvgIpc) is 2.41. The lowest BCUT2D eigenvalue weighted by atomic mass is 10.3. The Morgan fingerprint density at radius 1 is 0.882 bits per heavy atom. The predicted octanol–water partition coefficient (Wildman–Crippen LogP) is 3.68. The van der Waals surface area contributed by atoms with Gasteiger partial charge in [-0.2, -0.15) is 0 Å². The second kappa shape index (κ2) is 6.84. The molecule has 0 fully saturated rings. The van der Waals surface area contributed by atoms with Gasteiger partial charge in [-0.25, -0.2) is 0 Å². The number of nitro groups is 1. The van der Waals surface area contributed by atoms with Crippen LogP contribution in [0.3, 0.4) is 0 Å². The lowest BCUT2D eigenvalue weighted by molar-refractivity contribution is -0.384. The first-order chi connectivity index (χ1) is 8.24. The summed E-state index contributed by atoms with van der Waals surface area (Å²) in [5.74, 6) is 0. The monoisotopic (exact) mass is 230 g/mol. The Morgan fingerprint density at radius 2 is 1.35 bits per heavy atom. The van der Waals surface area contributed by atoms with Crippen LogP contribution in [0.5, 0.6) is 0 Å². The summed E-state index contributed by atoms with van der Waals surface area (Å²) in [5, 5.41) is 12.7. The molecule has 2 aromatic rings. The lowest BCUT2D eigenvalue weighted by Crippen LogP contribution is -1.84. The van der Waals surface area contributed by atoms with E-state index in [-0.39, 0.29) is 5.69 Å². The fourth-order valence-corrected chi connectivity index (χ4v) is 1.04. The third-order valence-electron chi connectivity index (χ3n) is 1.83. The number of benzene rings is 2. The maximum atomic E-state index is 10.0. The molecule has 0 amide bonds. The smallest absolute Gasteiger partial charge is 0.258 e. The van der Waals surface area contributed by atoms with Crippen molar-refractivity contribution in [1.29, 1.82) is 0 Å². The molecule has 0 saturated heterocycles. The summed E-state index contributed by atoms with van der Waals surface area (Å²) in [7, 11) is 0. The van der Waals surface area contributed by atoms with Crippen LogP contribution in [0.25, 0.3) is 0 Å². The predicted molar refractivity (Wildman–Crippen MR) is 65.0 cm³/mol. The molecule has 0 heterocycles. The molecular formula is C12H10N2O3. The summed E-state index contributed by atoms with van der Waals surface area (Å²) in [5.41, 5.74) is 0.616. The van der Waals surface area contributed by atoms with Crippen molar-refractivity contribution in [1.82, 2.24) is 0 Å². The summed E-state index contributed by atoms with van der Waals surface area (Å²) in [6, 6.07) is 16.6. The van der Waals surface area contributed by atoms with Gasteiger partial charge in [-0.05, 0) is 17.3 Å². The lowest BCUT2D eigenvalue weighted by Gasteiger charge is -1.85. The summed E-state index contributed by atoms with van der Waals surface area (Å²) in [6.07, 6.45) is 0. The fraction of sp³-hybridized carbons (Fsp3) is 0. The van der Waals surface area contributed by atoms with Crippen molar-refractivity contribution >= 4 is 11.4 Å². The molecule has 2 aromatic carbocycles. The van der Waals surface area contributed by atoms with E-state index in [1.54, 1.807) is 42.5 Å². The van der Waals surface area contributed by atoms with Crippen LogP contribution in [0.4, 0.5) is 11.4 Å². The molecule has 17 heavy (non-hydrogen) atoms. The van der Waals surface area contributed by atoms with Crippen LogP contribution >= 0.6 is 0 Å². The number of rotatable bonds is 2. The SMILES string of the molecule is O=Nc1ccccc1.O=[N+]([O-])c1ccccc1. The summed E-state index contributed by atoms with van der Waals surface area (Å²) in [4.78, 5) is 19.3. The first-order valence-corrected chi connectivity index (χ1v) is 4.82. The van der Waals surface area contributed by atoms with Gasteiger partial charge < -0.3 is 0 Å². The second-order valence-electron chi connectivity index (χ2n) is 3.02. The highest BCUT2D eigenvalue weighted by Crippen LogP contribution is 2.07. The molecule has 0 unspecified atom stereocenters. The molecule has 86 valence electrons. The van der Waals surface area contributed by atoms with E-state index >= 15 is 0 Å². The van der Waals surface area contributed by atoms with E-state index in [4.69, 9.17) is 0 Å². The first kappa shape index (κ1) is 12.5. The molecule has 0 aliphatic rings. The molecule has 2 rings (SSSR count). The molecule has 0 atom stereocenters. The molecule has 0 aliphatic carbocycles. The maximum absolute atomic E-state index is 10.0. The Kier molecular flexibility index (Phi) is 5.03. The number of hydrogen-bond acceptors (Lipinski definition) is 4. The molecule has 0 saturated carbocycles. The third-order valence-corrected chi connectivity index (χ3v) is 1.83. The van der Waals surface area contributed by atoms with E-state index in [1.165, 1.54) is 12.1 Å². The van der Waals surface area contributed by atoms with Gasteiger partial charge in [-0.3, -0.25) is 10.1 Å². The van der Waals surface area contributed by atoms with Gasteiger partial charge >= 0.3 is 0 Å². The van der Waals surface area contributed by atoms with E-state index in [1.807, 2.05) is 6.07 Å². The topological polar surface area (TPSA) is 72.6 Å². The molecule has 5 heteroatoms. The Hall–Kier alpha value is -2.56. The number of nitroso groups, excluding NO2 is 1. The highest BCUT2D eigenvalue weighted by Gasteiger charge is 1.98. The molecule has 5 nitrogen and oxygen atoms in total. The second-order valence-corrected chi connectivity index (χ2v) is 3.02. The number of nitro benzene ring substituents is 1. The molecule has 0 N–H and O–H groups in total. The Balaban J connectivity index is 0.000000171. The van der Waals surface area contributed by atoms with Gasteiger partial charge in [0.15, 0.2) is 0 Å². The van der Waals surface area contributed by atoms with E-state index in [0.29, 0.717) is 5.69 Å². The minimum atomic E-state index is -0.417. The standard InChI is InChI=1S/C6H5NO2.C6H5NO/c8-7(9)6-4-2-1-3-5-6;8-7-6-4-2-1-3-5-6/h1-5H;1-5H. The quantitative estimate of drug-likeness (QED) is 0.448. The largest absolute Gasteiger partial charge is 0.269 e. The van der Waals surface area contributed by atoms with Crippen molar-refractivity contribution in [3.63, 3.8) is 0 Å². The van der Waals surface area contributed by atoms with Crippen molar-refractivity contribution in [3.05, 3.63) is 75.7 Å². The van der Waals surface area contributed by atoms with E-state index in [2.05, 4.69) is 5.18 Å². The van der Waals surface area contributed by atoms with Crippen molar-refractivity contribution < 1.29 is 4.92 Å². The van der Waals surface area contributed by atoms with Crippen LogP contribution < -0.4 is 0 Å². The van der Waals surface area contributed by atoms with Crippen LogP contribution in [-0.4, -0.2) is 4.92 Å². The van der Waals surface area contributed by atoms with Crippen LogP contribution in [0, 0.1) is 15.0 Å². The Bertz CT molecular complexity index is 472. The van der Waals surface area contributed by atoms with E-state index < -0.39 is 4.92 Å². The first-order valence-electron chi connectivity index (χ1n) is 4.82. The van der Waals surface area contributed by atoms with Crippen molar-refractivity contribution in [3.8, 4) is 0 Å². The van der Waals surface area contributed by atoms with Gasteiger partial charge in [0.1, 0.15) is 5.69 Å². The van der Waals surface area contributed by atoms with E-state index in [0.717, 1.165) is 0 Å². The van der Waals surface area contributed by atoms with Gasteiger partial charge in [-0.15, -0.1) is 4.91 Å². The van der Waals surface area contributed by atoms with Crippen LogP contribution in [0.2, 0.25) is 0 Å². The Morgan fingerprint density at radius 3 is 1.65 bits per heavy atom. The van der Waals surface area contributed by atoms with E-state index in [9.17, 15) is 15.0 Å². The highest BCUT2D eigenvalue weighted by molar-refractivity contribution is 5.34. The molecule has 0 spiro atoms. The van der Waals surface area contributed by atoms with Crippen LogP contribution in [0.15, 0.2) is 65.8 Å². The number of hydrogen-bond donors (Lipinski definition) is 0. The van der Waals surface area contributed by atoms with Crippen molar-refractivity contribution in [2.75, 3.05) is 0 Å². The zero-order chi connectivity index (χ0) is 12.5. The number of non-ortho nitro benzene ring substituents is 1. The third kappa shape index (κ3) is 4.65. The fourth-order valence-electron chi connectivity index (χ4n) is 1.04. The number of para-hydroxylation sites is 1. The van der Waals surface area contributed by atoms with Gasteiger partial charge in [0.25, 0.3) is 5.69 Å². The zero-order valence-corrected chi connectivity index (χ0v) is 8.89. The minimum absolute atomic E-state index is 0.137. The van der Waals surface area contributed by atoms with Gasteiger partial charge in [0.2, 0.25) is 0 Å². The molecule has 0 bridgehead atoms.